The Morgan fingerprint density at radius 1 is 1.60 bits per heavy atom. The number of aromatic nitrogens is 2. The molecule has 0 aliphatic carbocycles. The summed E-state index contributed by atoms with van der Waals surface area (Å²) in [7, 11) is 0. The maximum absolute atomic E-state index is 3.94. The van der Waals surface area contributed by atoms with E-state index in [0.717, 1.165) is 11.8 Å². The molecule has 1 unspecified atom stereocenters. The molecule has 1 rings (SSSR count). The van der Waals surface area contributed by atoms with Crippen LogP contribution in [0.5, 0.6) is 0 Å². The topological polar surface area (TPSA) is 17.8 Å². The van der Waals surface area contributed by atoms with Crippen molar-refractivity contribution in [3.63, 3.8) is 0 Å². The molecule has 4 heteroatoms. The molecule has 0 saturated carbocycles. The van der Waals surface area contributed by atoms with Gasteiger partial charge in [-0.2, -0.15) is 0 Å². The van der Waals surface area contributed by atoms with Crippen LogP contribution in [-0.2, 0) is 0 Å². The van der Waals surface area contributed by atoms with E-state index in [1.807, 2.05) is 17.1 Å². The van der Waals surface area contributed by atoms with Gasteiger partial charge in [0.1, 0.15) is 0 Å². The van der Waals surface area contributed by atoms with Crippen LogP contribution in [0.1, 0.15) is 11.4 Å². The summed E-state index contributed by atoms with van der Waals surface area (Å²) in [5.74, 6) is 0. The number of hydrogen-bond donors (Lipinski definition) is 0. The van der Waals surface area contributed by atoms with Gasteiger partial charge in [0, 0.05) is 17.7 Å². The van der Waals surface area contributed by atoms with Crippen LogP contribution in [0.3, 0.4) is 0 Å². The Hall–Kier alpha value is 0.170. The van der Waals surface area contributed by atoms with Crippen LogP contribution in [-0.4, -0.2) is 14.9 Å². The minimum Gasteiger partial charge on any atom is -0.324 e. The Morgan fingerprint density at radius 2 is 2.40 bits per heavy atom. The molecule has 0 N–H and O–H groups in total. The van der Waals surface area contributed by atoms with Crippen LogP contribution in [0.4, 0.5) is 0 Å². The lowest BCUT2D eigenvalue weighted by Crippen LogP contribution is -1.98. The van der Waals surface area contributed by atoms with E-state index in [-0.39, 0.29) is 0 Å². The van der Waals surface area contributed by atoms with Gasteiger partial charge in [-0.3, -0.25) is 0 Å². The molecule has 2 nitrogen and oxygen atoms in total. The molecule has 1 heterocycles. The third kappa shape index (κ3) is 2.09. The van der Waals surface area contributed by atoms with Gasteiger partial charge in [0.25, 0.3) is 0 Å². The largest absolute Gasteiger partial charge is 0.324 e. The highest BCUT2D eigenvalue weighted by atomic mass is 79.9. The fourth-order valence-corrected chi connectivity index (χ4v) is 2.19. The lowest BCUT2D eigenvalue weighted by molar-refractivity contribution is 0.676. The fourth-order valence-electron chi connectivity index (χ4n) is 0.674. The highest BCUT2D eigenvalue weighted by Gasteiger charge is 2.02. The molecule has 0 saturated heterocycles. The maximum atomic E-state index is 3.94. The second-order valence-corrected chi connectivity index (χ2v) is 3.77. The van der Waals surface area contributed by atoms with E-state index in [2.05, 4.69) is 36.8 Å². The van der Waals surface area contributed by atoms with Crippen molar-refractivity contribution in [2.24, 2.45) is 0 Å². The summed E-state index contributed by atoms with van der Waals surface area (Å²) in [5, 5.41) is 1.00. The first-order valence-electron chi connectivity index (χ1n) is 3.02. The highest BCUT2D eigenvalue weighted by molar-refractivity contribution is 9.09. The van der Waals surface area contributed by atoms with Crippen molar-refractivity contribution < 1.29 is 0 Å². The minimum atomic E-state index is 0.370. The van der Waals surface area contributed by atoms with Crippen LogP contribution in [0.15, 0.2) is 18.7 Å². The zero-order valence-electron chi connectivity index (χ0n) is 5.37. The predicted octanol–water partition coefficient (Wildman–Crippen LogP) is 2.56. The number of alkyl halides is 2. The molecular formula is C6H8Br2N2. The Morgan fingerprint density at radius 3 is 2.90 bits per heavy atom. The molecule has 0 aliphatic heterocycles. The average molecular weight is 268 g/mol. The van der Waals surface area contributed by atoms with Crippen molar-refractivity contribution in [1.82, 2.24) is 9.55 Å². The summed E-state index contributed by atoms with van der Waals surface area (Å²) in [6.07, 6.45) is 6.60. The van der Waals surface area contributed by atoms with Gasteiger partial charge in [0.05, 0.1) is 11.3 Å². The van der Waals surface area contributed by atoms with Crippen molar-refractivity contribution in [3.05, 3.63) is 18.7 Å². The molecule has 10 heavy (non-hydrogen) atoms. The molecule has 1 aromatic heterocycles. The molecular weight excluding hydrogens is 260 g/mol. The molecule has 0 bridgehead atoms. The minimum absolute atomic E-state index is 0.370. The summed E-state index contributed by atoms with van der Waals surface area (Å²) in [6, 6.07) is 0. The number of hydrogen-bond acceptors (Lipinski definition) is 1. The molecule has 0 aromatic carbocycles. The maximum Gasteiger partial charge on any atom is 0.0955 e. The van der Waals surface area contributed by atoms with Gasteiger partial charge in [0.15, 0.2) is 0 Å². The van der Waals surface area contributed by atoms with Crippen molar-refractivity contribution >= 4 is 31.9 Å². The first-order valence-corrected chi connectivity index (χ1v) is 5.06. The molecule has 0 fully saturated rings. The monoisotopic (exact) mass is 266 g/mol. The van der Waals surface area contributed by atoms with Gasteiger partial charge in [-0.25, -0.2) is 4.98 Å². The number of nitrogens with zero attached hydrogens (tertiary/aromatic N) is 2. The van der Waals surface area contributed by atoms with Crippen LogP contribution in [0, 0.1) is 0 Å². The first-order chi connectivity index (χ1) is 4.84. The molecule has 1 atom stereocenters. The molecule has 1 aromatic rings. The van der Waals surface area contributed by atoms with E-state index in [1.165, 1.54) is 0 Å². The highest BCUT2D eigenvalue weighted by Crippen LogP contribution is 2.18. The quantitative estimate of drug-likeness (QED) is 0.770. The van der Waals surface area contributed by atoms with Crippen LogP contribution < -0.4 is 0 Å². The lowest BCUT2D eigenvalue weighted by Gasteiger charge is -2.07. The summed E-state index contributed by atoms with van der Waals surface area (Å²) in [4.78, 5) is 4.31. The average Bonchev–Trinajstić information content (AvgIpc) is 2.38. The molecule has 56 valence electrons. The van der Waals surface area contributed by atoms with Crippen molar-refractivity contribution in [2.75, 3.05) is 5.33 Å². The van der Waals surface area contributed by atoms with Gasteiger partial charge < -0.3 is 4.57 Å². The van der Waals surface area contributed by atoms with Gasteiger partial charge in [-0.15, -0.1) is 0 Å². The Balaban J connectivity index is 2.50. The molecule has 0 spiro atoms. The summed E-state index contributed by atoms with van der Waals surface area (Å²) in [5.41, 5.74) is 0. The molecule has 0 amide bonds. The number of imidazole rings is 1. The Bertz CT molecular complexity index is 174. The smallest absolute Gasteiger partial charge is 0.0955 e. The van der Waals surface area contributed by atoms with E-state index >= 15 is 0 Å². The summed E-state index contributed by atoms with van der Waals surface area (Å²) < 4.78 is 2.03. The zero-order valence-corrected chi connectivity index (χ0v) is 8.55. The van der Waals surface area contributed by atoms with Crippen molar-refractivity contribution in [3.8, 4) is 0 Å². The van der Waals surface area contributed by atoms with Crippen LogP contribution in [0.25, 0.3) is 0 Å². The summed E-state index contributed by atoms with van der Waals surface area (Å²) >= 11 is 6.89. The van der Waals surface area contributed by atoms with E-state index in [1.54, 1.807) is 6.20 Å². The van der Waals surface area contributed by atoms with Crippen molar-refractivity contribution in [1.29, 1.82) is 0 Å². The van der Waals surface area contributed by atoms with Gasteiger partial charge in [0.2, 0.25) is 0 Å². The SMILES string of the molecule is BrCCC(Br)n1ccnc1. The van der Waals surface area contributed by atoms with Crippen LogP contribution in [0.2, 0.25) is 0 Å². The third-order valence-electron chi connectivity index (χ3n) is 1.20. The Labute approximate surface area is 76.9 Å². The molecule has 0 radical (unpaired) electrons. The predicted molar refractivity (Wildman–Crippen MR) is 48.6 cm³/mol. The zero-order chi connectivity index (χ0) is 7.40. The van der Waals surface area contributed by atoms with Crippen LogP contribution >= 0.6 is 31.9 Å². The fraction of sp³-hybridized carbons (Fsp3) is 0.500. The van der Waals surface area contributed by atoms with E-state index in [4.69, 9.17) is 0 Å². The van der Waals surface area contributed by atoms with E-state index in [9.17, 15) is 0 Å². The van der Waals surface area contributed by atoms with Gasteiger partial charge in [-0.05, 0) is 6.42 Å². The van der Waals surface area contributed by atoms with E-state index < -0.39 is 0 Å². The lowest BCUT2D eigenvalue weighted by atomic mass is 10.5. The second kappa shape index (κ2) is 4.13. The second-order valence-electron chi connectivity index (χ2n) is 1.92. The summed E-state index contributed by atoms with van der Waals surface area (Å²) in [6.45, 7) is 0. The first kappa shape index (κ1) is 8.27. The molecule has 0 aliphatic rings. The van der Waals surface area contributed by atoms with Gasteiger partial charge >= 0.3 is 0 Å². The van der Waals surface area contributed by atoms with Crippen molar-refractivity contribution in [2.45, 2.75) is 11.4 Å². The number of rotatable bonds is 3. The standard InChI is InChI=1S/C6H8Br2N2/c7-2-1-6(8)10-4-3-9-5-10/h3-6H,1-2H2. The third-order valence-corrected chi connectivity index (χ3v) is 2.58. The van der Waals surface area contributed by atoms with E-state index in [0.29, 0.717) is 4.95 Å². The van der Waals surface area contributed by atoms with Gasteiger partial charge in [-0.1, -0.05) is 31.9 Å². The Kier molecular flexibility index (Phi) is 3.42. The normalized spacial score (nSPS) is 13.4. The number of halogens is 2.